The van der Waals surface area contributed by atoms with E-state index in [1.54, 1.807) is 54.7 Å². The van der Waals surface area contributed by atoms with Crippen LogP contribution >= 0.6 is 23.1 Å². The molecule has 12 rings (SSSR count). The number of β-amino-alcohol motifs (C(OH)–C–C–N with tert-alkyl or cyclic N) is 1. The number of nitrogens with one attached hydrogen (secondary N) is 4. The molecule has 3 saturated carbocycles. The molecule has 570 valence electrons. The van der Waals surface area contributed by atoms with Crippen LogP contribution in [0.5, 0.6) is 0 Å². The number of aliphatic hydroxyl groups is 1. The molecule has 5 N–H and O–H groups in total. The Kier molecular flexibility index (Phi) is 24.1. The smallest absolute Gasteiger partial charge is 0.391 e. The van der Waals surface area contributed by atoms with E-state index in [1.807, 2.05) is 73.2 Å². The van der Waals surface area contributed by atoms with Crippen LogP contribution in [-0.2, 0) is 39.0 Å². The number of thiazole rings is 1. The Morgan fingerprint density at radius 2 is 1.47 bits per heavy atom. The number of amides is 5. The number of aliphatic hydroxyl groups excluding tert-OH is 1. The first-order valence-electron chi connectivity index (χ1n) is 36.2. The predicted octanol–water partition coefficient (Wildman–Crippen LogP) is 11.6. The SMILES string of the molecule is Cc1ncsc1-c1ccc([C@H](C)NC(=O)[C@@H]2C[C@@H](O)CN2C(=O)[C@@H](NC(=O)CCCCC(=O)N2CCN(CC[C@H](CSc3ccccc3)Nc3ccc(S(=O)(=O)NC(=O)c4ccc(N5CCN(CC6=C(C78CC(C(F)F)(C7)C8)CC(C)(C)CC6)CC5)cc4)cc3S(=O)(=O)C(F)(F)F)CC2)C(C)(C)C)cc1. The molecule has 105 heavy (non-hydrogen) atoms. The maximum absolute atomic E-state index is 14.6. The summed E-state index contributed by atoms with van der Waals surface area (Å²) in [5.41, 5.74) is 0.203. The van der Waals surface area contributed by atoms with Crippen LogP contribution in [0.3, 0.4) is 0 Å². The van der Waals surface area contributed by atoms with Gasteiger partial charge >= 0.3 is 5.51 Å². The molecule has 20 nitrogen and oxygen atoms in total. The van der Waals surface area contributed by atoms with Gasteiger partial charge in [0.15, 0.2) is 0 Å². The third kappa shape index (κ3) is 18.4. The molecule has 4 heterocycles. The number of likely N-dealkylation sites (tertiary alicyclic amines) is 1. The van der Waals surface area contributed by atoms with Crippen LogP contribution in [0.4, 0.5) is 33.3 Å². The van der Waals surface area contributed by atoms with E-state index in [9.17, 15) is 67.9 Å². The average Bonchev–Trinajstić information content (AvgIpc) is 0.765. The van der Waals surface area contributed by atoms with Gasteiger partial charge in [-0.25, -0.2) is 35.3 Å². The number of unbranched alkanes of at least 4 members (excludes halogenated alkanes) is 1. The highest BCUT2D eigenvalue weighted by Gasteiger charge is 2.73. The maximum Gasteiger partial charge on any atom is 0.501 e. The van der Waals surface area contributed by atoms with E-state index in [2.05, 4.69) is 49.5 Å². The van der Waals surface area contributed by atoms with Crippen LogP contribution in [0.25, 0.3) is 10.4 Å². The number of rotatable bonds is 28. The number of aromatic nitrogens is 1. The van der Waals surface area contributed by atoms with E-state index >= 15 is 0 Å². The van der Waals surface area contributed by atoms with Gasteiger partial charge < -0.3 is 35.8 Å². The van der Waals surface area contributed by atoms with Gasteiger partial charge in [-0.1, -0.05) is 88.2 Å². The van der Waals surface area contributed by atoms with Gasteiger partial charge in [0.1, 0.15) is 17.0 Å². The molecule has 0 radical (unpaired) electrons. The summed E-state index contributed by atoms with van der Waals surface area (Å²) < 4.78 is 128. The molecule has 4 aromatic carbocycles. The zero-order valence-corrected chi connectivity index (χ0v) is 63.8. The van der Waals surface area contributed by atoms with Crippen molar-refractivity contribution in [3.8, 4) is 10.4 Å². The van der Waals surface area contributed by atoms with Crippen molar-refractivity contribution in [3.63, 3.8) is 0 Å². The van der Waals surface area contributed by atoms with Gasteiger partial charge in [-0.3, -0.25) is 33.8 Å². The van der Waals surface area contributed by atoms with E-state index in [0.29, 0.717) is 84.0 Å². The molecule has 3 saturated heterocycles. The number of sulfonamides is 1. The summed E-state index contributed by atoms with van der Waals surface area (Å²) in [5, 5.41) is 19.7. The predicted molar refractivity (Wildman–Crippen MR) is 396 cm³/mol. The number of carbonyl (C=O) groups excluding carboxylic acids is 5. The van der Waals surface area contributed by atoms with Gasteiger partial charge in [0.25, 0.3) is 25.8 Å². The maximum atomic E-state index is 14.6. The van der Waals surface area contributed by atoms with Gasteiger partial charge in [0, 0.05) is 125 Å². The standard InChI is InChI=1S/C76H97F5N10O10S4/c1-49(51-17-19-52(20-18-51)66-50(2)82-48-103-66)83-69(96)62-39-57(92)43-91(62)70(97)67(72(3,4)5)85-64(93)15-11-12-16-65(94)90-37-31-87(32-38-90)30-28-55(44-102-58-13-9-8-10-14-58)84-61-26-25-59(40-63(61)104(98,99)76(79,80)81)105(100,101)86-68(95)53-21-23-56(24-22-53)89-35-33-88(34-36-89)42-54-27-29-73(6,7)41-60(54)74-45-75(46-74,47-74)71(77)78/h8-10,13-14,17-26,40,48-49,55,57,62,67,71,84,92H,11-12,15-16,27-39,41-47H2,1-7H3,(H,83,96)(H,85,93)(H,86,95)/t49-,55+,57+,62-,67+,74?,75?/m0/s1. The van der Waals surface area contributed by atoms with Crippen LogP contribution in [-0.4, -0.2) is 190 Å². The first-order chi connectivity index (χ1) is 49.5. The van der Waals surface area contributed by atoms with Crippen LogP contribution < -0.4 is 25.6 Å². The molecular weight excluding hydrogens is 1440 g/mol. The minimum atomic E-state index is -6.20. The van der Waals surface area contributed by atoms with Crippen molar-refractivity contribution in [2.45, 2.75) is 182 Å². The molecule has 0 spiro atoms. The summed E-state index contributed by atoms with van der Waals surface area (Å²) in [6.45, 7) is 19.2. The van der Waals surface area contributed by atoms with Gasteiger partial charge in [0.2, 0.25) is 30.1 Å². The lowest BCUT2D eigenvalue weighted by Gasteiger charge is -2.72. The summed E-state index contributed by atoms with van der Waals surface area (Å²) in [6.07, 6.45) is 2.63. The molecule has 3 aliphatic heterocycles. The van der Waals surface area contributed by atoms with Crippen LogP contribution in [0.2, 0.25) is 0 Å². The second-order valence-electron chi connectivity index (χ2n) is 31.3. The molecule has 0 unspecified atom stereocenters. The van der Waals surface area contributed by atoms with Crippen molar-refractivity contribution in [1.29, 1.82) is 0 Å². The van der Waals surface area contributed by atoms with Crippen LogP contribution in [0, 0.1) is 28.6 Å². The van der Waals surface area contributed by atoms with Crippen molar-refractivity contribution < 1.29 is 67.9 Å². The molecule has 29 heteroatoms. The topological polar surface area (TPSA) is 251 Å². The number of hydrogen-bond acceptors (Lipinski definition) is 17. The Morgan fingerprint density at radius 3 is 2.10 bits per heavy atom. The van der Waals surface area contributed by atoms with E-state index < -0.39 is 112 Å². The Hall–Kier alpha value is -7.02. The number of halogens is 5. The second-order valence-corrected chi connectivity index (χ2v) is 36.9. The van der Waals surface area contributed by atoms with Crippen molar-refractivity contribution >= 4 is 83.9 Å². The molecule has 6 fully saturated rings. The largest absolute Gasteiger partial charge is 0.501 e. The van der Waals surface area contributed by atoms with Crippen LogP contribution in [0.15, 0.2) is 128 Å². The third-order valence-electron chi connectivity index (χ3n) is 21.9. The molecular formula is C76H97F5N10O10S4. The lowest BCUT2D eigenvalue weighted by atomic mass is 9.32. The number of piperazine rings is 2. The monoisotopic (exact) mass is 1530 g/mol. The number of aryl methyl sites for hydroxylation is 1. The van der Waals surface area contributed by atoms with E-state index in [4.69, 9.17) is 0 Å². The zero-order chi connectivity index (χ0) is 75.6. The van der Waals surface area contributed by atoms with E-state index in [-0.39, 0.29) is 60.3 Å². The highest BCUT2D eigenvalue weighted by molar-refractivity contribution is 7.99. The Bertz CT molecular complexity index is 4220. The number of hydrogen-bond donors (Lipinski definition) is 5. The molecule has 5 atom stereocenters. The highest BCUT2D eigenvalue weighted by atomic mass is 32.2. The fraction of sp³-hybridized carbons (Fsp3) is 0.553. The number of carbonyl (C=O) groups is 5. The fourth-order valence-electron chi connectivity index (χ4n) is 15.8. The summed E-state index contributed by atoms with van der Waals surface area (Å²) in [7, 11) is -11.2. The van der Waals surface area contributed by atoms with E-state index in [1.165, 1.54) is 39.9 Å². The minimum Gasteiger partial charge on any atom is -0.391 e. The highest BCUT2D eigenvalue weighted by Crippen LogP contribution is 2.79. The van der Waals surface area contributed by atoms with Gasteiger partial charge in [0.05, 0.1) is 38.8 Å². The number of alkyl halides is 5. The minimum absolute atomic E-state index is 0.0204. The number of benzene rings is 4. The summed E-state index contributed by atoms with van der Waals surface area (Å²) in [4.78, 5) is 82.5. The summed E-state index contributed by atoms with van der Waals surface area (Å²) in [5.74, 6) is -2.29. The molecule has 4 aliphatic carbocycles. The lowest BCUT2D eigenvalue weighted by molar-refractivity contribution is -0.250. The number of anilines is 2. The molecule has 2 bridgehead atoms. The van der Waals surface area contributed by atoms with Crippen molar-refractivity contribution in [1.82, 2.24) is 39.9 Å². The fourth-order valence-corrected chi connectivity index (χ4v) is 19.6. The summed E-state index contributed by atoms with van der Waals surface area (Å²) in [6, 6.07) is 22.4. The van der Waals surface area contributed by atoms with Crippen LogP contribution in [0.1, 0.15) is 146 Å². The Morgan fingerprint density at radius 1 is 0.810 bits per heavy atom. The quantitative estimate of drug-likeness (QED) is 0.0135. The van der Waals surface area contributed by atoms with Crippen molar-refractivity contribution in [2.75, 3.05) is 88.0 Å². The zero-order valence-electron chi connectivity index (χ0n) is 60.6. The first kappa shape index (κ1) is 79.0. The Labute approximate surface area is 621 Å². The molecule has 5 amide bonds. The lowest BCUT2D eigenvalue weighted by Crippen LogP contribution is -2.66. The van der Waals surface area contributed by atoms with Crippen molar-refractivity contribution in [3.05, 3.63) is 131 Å². The number of sulfone groups is 1. The molecule has 5 aromatic rings. The second kappa shape index (κ2) is 32.0. The Balaban J connectivity index is 0.651. The molecule has 7 aliphatic rings. The van der Waals surface area contributed by atoms with E-state index in [0.717, 1.165) is 83.3 Å². The van der Waals surface area contributed by atoms with Gasteiger partial charge in [-0.15, -0.1) is 23.1 Å². The third-order valence-corrected chi connectivity index (χ3v) is 26.9. The van der Waals surface area contributed by atoms with Gasteiger partial charge in [-0.05, 0) is 154 Å². The first-order valence-corrected chi connectivity index (χ1v) is 41.0. The van der Waals surface area contributed by atoms with Crippen molar-refractivity contribution in [2.24, 2.45) is 21.7 Å². The normalized spacial score (nSPS) is 22.6. The number of thioether (sulfide) groups is 1. The summed E-state index contributed by atoms with van der Waals surface area (Å²) >= 11 is 2.92. The molecule has 1 aromatic heterocycles. The average molecular weight is 1530 g/mol. The van der Waals surface area contributed by atoms with Gasteiger partial charge in [-0.2, -0.15) is 13.2 Å². The number of nitrogens with zero attached hydrogens (tertiary/aromatic N) is 6. The number of allylic oxidation sites excluding steroid dienone is 1.